The van der Waals surface area contributed by atoms with Crippen LogP contribution in [0.5, 0.6) is 46.0 Å². The Labute approximate surface area is 580 Å². The van der Waals surface area contributed by atoms with Gasteiger partial charge in [0.05, 0.1) is 96.7 Å². The number of nitrogens with one attached hydrogen (secondary N) is 2. The van der Waals surface area contributed by atoms with Crippen molar-refractivity contribution in [1.82, 2.24) is 39.9 Å². The Morgan fingerprint density at radius 2 is 0.402 bits per heavy atom. The van der Waals surface area contributed by atoms with Crippen LogP contribution >= 0.6 is 0 Å². The Morgan fingerprint density at radius 1 is 0.237 bits per heavy atom. The van der Waals surface area contributed by atoms with Crippen LogP contribution in [0.15, 0.2) is 97.1 Å². The van der Waals surface area contributed by atoms with E-state index in [0.717, 1.165) is 146 Å². The molecule has 498 valence electrons. The van der Waals surface area contributed by atoms with Crippen LogP contribution in [0, 0.1) is 0 Å². The van der Waals surface area contributed by atoms with Gasteiger partial charge in [-0.2, -0.15) is 0 Å². The van der Waals surface area contributed by atoms with Gasteiger partial charge in [0, 0.05) is 43.1 Å². The summed E-state index contributed by atoms with van der Waals surface area (Å²) in [5.74, 6) is 6.49. The predicted molar refractivity (Wildman–Crippen MR) is 389 cm³/mol. The average molecular weight is 1300 g/mol. The van der Waals surface area contributed by atoms with Gasteiger partial charge in [0.15, 0.2) is 23.3 Å². The fraction of sp³-hybridized carbons (Fsp3) is 0.400. The minimum atomic E-state index is 0. The molecule has 17 heteroatoms. The summed E-state index contributed by atoms with van der Waals surface area (Å²) in [6, 6.07) is 33.2. The zero-order valence-corrected chi connectivity index (χ0v) is 58.2. The fourth-order valence-electron chi connectivity index (χ4n) is 13.0. The monoisotopic (exact) mass is 1300 g/mol. The summed E-state index contributed by atoms with van der Waals surface area (Å²) in [6.07, 6.45) is 14.0. The number of aromatic nitrogens is 8. The summed E-state index contributed by atoms with van der Waals surface area (Å²) >= 11 is 0. The molecule has 2 aliphatic rings. The first kappa shape index (κ1) is 68.1. The molecule has 0 unspecified atom stereocenters. The van der Waals surface area contributed by atoms with Crippen molar-refractivity contribution in [2.45, 2.75) is 158 Å². The number of hydrogen-bond acceptors (Lipinski definition) is 14. The van der Waals surface area contributed by atoms with Crippen molar-refractivity contribution in [3.63, 3.8) is 0 Å². The van der Waals surface area contributed by atoms with Crippen LogP contribution in [0.2, 0.25) is 0 Å². The van der Waals surface area contributed by atoms with Gasteiger partial charge in [0.1, 0.15) is 68.6 Å². The van der Waals surface area contributed by atoms with E-state index in [-0.39, 0.29) is 18.9 Å². The Balaban J connectivity index is 0.00000897. The molecule has 97 heavy (non-hydrogen) atoms. The molecule has 0 amide bonds. The molecule has 13 rings (SSSR count). The van der Waals surface area contributed by atoms with Crippen LogP contribution in [0.4, 0.5) is 0 Å². The fourth-order valence-corrected chi connectivity index (χ4v) is 13.0. The van der Waals surface area contributed by atoms with Gasteiger partial charge in [0.2, 0.25) is 0 Å². The van der Waals surface area contributed by atoms with E-state index in [1.807, 2.05) is 48.5 Å². The maximum absolute atomic E-state index is 7.15. The van der Waals surface area contributed by atoms with Gasteiger partial charge in [-0.1, -0.05) is 204 Å². The van der Waals surface area contributed by atoms with Crippen LogP contribution in [0.25, 0.3) is 133 Å². The van der Waals surface area contributed by atoms with E-state index >= 15 is 0 Å². The molecule has 16 nitrogen and oxygen atoms in total. The van der Waals surface area contributed by atoms with Crippen LogP contribution in [-0.2, 0) is 0 Å². The van der Waals surface area contributed by atoms with Crippen molar-refractivity contribution in [3.8, 4) is 91.5 Å². The quantitative estimate of drug-likeness (QED) is 0.0300. The SMILES string of the molecule is CCCCOc1c2c(c(OCCCC)c3ccccc13)-c1nc-2nc2[nH]c(nc3nc(nc4[nH]c(n1)c1c(OCCCC)c5ccccc5c(OCCCC)c41)-c1c-3c(OCCCC)c3ccccc3c1OCCCC)c1c(OCCCC)c3ccccc3c(OCCCC)c21.[Li+]. The zero-order chi connectivity index (χ0) is 66.1. The molecule has 0 atom stereocenters. The van der Waals surface area contributed by atoms with Gasteiger partial charge in [-0.3, -0.25) is 0 Å². The molecule has 0 radical (unpaired) electrons. The number of H-pyrrole nitrogens is 2. The number of benzene rings is 8. The second kappa shape index (κ2) is 31.6. The topological polar surface area (TPSA) is 183 Å². The van der Waals surface area contributed by atoms with Gasteiger partial charge in [-0.15, -0.1) is 0 Å². The van der Waals surface area contributed by atoms with E-state index in [1.165, 1.54) is 0 Å². The molecular formula is C80H90LiN8O8+. The molecule has 3 aromatic heterocycles. The predicted octanol–water partition coefficient (Wildman–Crippen LogP) is 17.9. The zero-order valence-electron chi connectivity index (χ0n) is 58.2. The molecule has 0 fully saturated rings. The van der Waals surface area contributed by atoms with E-state index < -0.39 is 0 Å². The molecule has 2 N–H and O–H groups in total. The van der Waals surface area contributed by atoms with Crippen molar-refractivity contribution < 1.29 is 56.8 Å². The molecular weight excluding hydrogens is 1210 g/mol. The van der Waals surface area contributed by atoms with Gasteiger partial charge >= 0.3 is 18.9 Å². The summed E-state index contributed by atoms with van der Waals surface area (Å²) in [5.41, 5.74) is 4.34. The van der Waals surface area contributed by atoms with Crippen LogP contribution < -0.4 is 56.8 Å². The molecule has 8 aromatic carbocycles. The first-order valence-electron chi connectivity index (χ1n) is 35.6. The Morgan fingerprint density at radius 3 is 0.577 bits per heavy atom. The van der Waals surface area contributed by atoms with E-state index in [1.54, 1.807) is 0 Å². The maximum Gasteiger partial charge on any atom is 1.00 e. The minimum absolute atomic E-state index is 0. The summed E-state index contributed by atoms with van der Waals surface area (Å²) in [7, 11) is 0. The number of unbranched alkanes of at least 4 members (excludes halogenated alkanes) is 8. The summed E-state index contributed by atoms with van der Waals surface area (Å²) in [6.45, 7) is 21.0. The molecule has 8 bridgehead atoms. The number of hydrogen-bond donors (Lipinski definition) is 2. The third-order valence-electron chi connectivity index (χ3n) is 18.0. The minimum Gasteiger partial charge on any atom is -0.492 e. The third kappa shape index (κ3) is 13.2. The smallest absolute Gasteiger partial charge is 0.492 e. The first-order chi connectivity index (χ1) is 47.4. The summed E-state index contributed by atoms with van der Waals surface area (Å²) < 4.78 is 57.2. The van der Waals surface area contributed by atoms with Crippen LogP contribution in [0.1, 0.15) is 158 Å². The molecule has 11 aromatic rings. The van der Waals surface area contributed by atoms with Crippen molar-refractivity contribution in [3.05, 3.63) is 97.1 Å². The Kier molecular flexibility index (Phi) is 22.2. The second-order valence-electron chi connectivity index (χ2n) is 25.0. The van der Waals surface area contributed by atoms with Gasteiger partial charge < -0.3 is 47.9 Å². The van der Waals surface area contributed by atoms with Crippen LogP contribution in [-0.4, -0.2) is 92.7 Å². The van der Waals surface area contributed by atoms with Crippen LogP contribution in [0.3, 0.4) is 0 Å². The normalized spacial score (nSPS) is 11.8. The standard InChI is InChI=1S/C80H90N8O8.Li/c1-9-17-41-89-65-49-33-25-26-34-50(49)66(90-42-18-10-2)58-57(65)73-81-74(58)86-76-61-62(70(94-46-22-14-6)54-38-30-29-37-53(54)69(61)93-45-21-13-5)78(83-76)88-80-64-63(71(95-47-23-15-7)55-39-31-32-40-56(55)72(64)96-48-24-16-8)79(84-80)87-77-60-59(75(82-77)85-73)67(91-43-19-11-3)51-35-27-28-36-52(51)68(60)92-44-20-12-4;/h25-40H,9-24,41-48H2,1-8H3,(H2,81,82,83,84,85,86,87,88);/q;+1. The van der Waals surface area contributed by atoms with E-state index in [4.69, 9.17) is 67.8 Å². The molecule has 2 aliphatic heterocycles. The van der Waals surface area contributed by atoms with Crippen molar-refractivity contribution >= 4 is 87.2 Å². The Bertz CT molecular complexity index is 4250. The molecule has 5 heterocycles. The van der Waals surface area contributed by atoms with Crippen molar-refractivity contribution in [1.29, 1.82) is 0 Å². The van der Waals surface area contributed by atoms with Crippen molar-refractivity contribution in [2.24, 2.45) is 0 Å². The van der Waals surface area contributed by atoms with Crippen molar-refractivity contribution in [2.75, 3.05) is 52.9 Å². The number of aromatic amines is 2. The number of fused-ring (bicyclic) bond motifs is 24. The number of rotatable bonds is 32. The third-order valence-corrected chi connectivity index (χ3v) is 18.0. The first-order valence-corrected chi connectivity index (χ1v) is 35.6. The van der Waals surface area contributed by atoms with E-state index in [2.05, 4.69) is 114 Å². The Hall–Kier alpha value is -8.84. The number of nitrogens with zero attached hydrogens (tertiary/aromatic N) is 6. The van der Waals surface area contributed by atoms with Gasteiger partial charge in [0.25, 0.3) is 0 Å². The van der Waals surface area contributed by atoms with Gasteiger partial charge in [-0.25, -0.2) is 29.9 Å². The summed E-state index contributed by atoms with van der Waals surface area (Å²) in [4.78, 5) is 42.5. The van der Waals surface area contributed by atoms with E-state index in [9.17, 15) is 0 Å². The van der Waals surface area contributed by atoms with E-state index in [0.29, 0.717) is 189 Å². The average Bonchev–Trinajstić information content (AvgIpc) is 1.57. The molecule has 0 spiro atoms. The number of ether oxygens (including phenoxy) is 8. The molecule has 0 saturated heterocycles. The maximum atomic E-state index is 7.15. The summed E-state index contributed by atoms with van der Waals surface area (Å²) in [5, 5.41) is 9.67. The molecule has 0 aliphatic carbocycles. The van der Waals surface area contributed by atoms with Gasteiger partial charge in [-0.05, 0) is 51.4 Å². The largest absolute Gasteiger partial charge is 1.00 e. The molecule has 0 saturated carbocycles. The second-order valence-corrected chi connectivity index (χ2v) is 25.0.